The molecule has 0 aliphatic carbocycles. The van der Waals surface area contributed by atoms with E-state index in [4.69, 9.17) is 13.8 Å². The van der Waals surface area contributed by atoms with E-state index in [0.717, 1.165) is 57.8 Å². The van der Waals surface area contributed by atoms with Gasteiger partial charge in [-0.25, -0.2) is 9.36 Å². The number of phosphoric acid groups is 1. The van der Waals surface area contributed by atoms with Gasteiger partial charge in [0.1, 0.15) is 12.7 Å². The second-order valence-electron chi connectivity index (χ2n) is 15.6. The van der Waals surface area contributed by atoms with Crippen LogP contribution in [0.3, 0.4) is 0 Å². The number of ether oxygens (including phenoxy) is 1. The van der Waals surface area contributed by atoms with Crippen LogP contribution >= 0.6 is 7.82 Å². The predicted molar refractivity (Wildman–Crippen MR) is 226 cm³/mol. The van der Waals surface area contributed by atoms with Crippen LogP contribution in [0.25, 0.3) is 0 Å². The molecule has 3 atom stereocenters. The van der Waals surface area contributed by atoms with Crippen LogP contribution in [0.15, 0.2) is 12.2 Å². The predicted octanol–water partition coefficient (Wildman–Crippen LogP) is 11.7. The molecule has 0 aliphatic heterocycles. The van der Waals surface area contributed by atoms with Crippen molar-refractivity contribution < 1.29 is 47.8 Å². The number of unbranched alkanes of at least 4 members (excludes halogenated alkanes) is 27. The van der Waals surface area contributed by atoms with Gasteiger partial charge in [0.15, 0.2) is 6.04 Å². The number of hydrogen-bond donors (Lipinski definition) is 4. The normalized spacial score (nSPS) is 13.8. The number of aliphatic hydroxyl groups excluding tert-OH is 1. The third-order valence-electron chi connectivity index (χ3n) is 10.1. The van der Waals surface area contributed by atoms with Crippen molar-refractivity contribution >= 4 is 25.7 Å². The molecule has 0 rings (SSSR count). The highest BCUT2D eigenvalue weighted by Crippen LogP contribution is 2.43. The molecule has 1 amide bonds. The molecule has 0 aromatic rings. The van der Waals surface area contributed by atoms with E-state index in [1.165, 1.54) is 122 Å². The number of rotatable bonds is 43. The number of carbonyl (C=O) groups is 3. The maximum atomic E-state index is 12.2. The summed E-state index contributed by atoms with van der Waals surface area (Å²) in [5.74, 6) is -2.38. The second kappa shape index (κ2) is 40.0. The first kappa shape index (κ1) is 54.2. The van der Waals surface area contributed by atoms with Crippen molar-refractivity contribution in [2.24, 2.45) is 0 Å². The first-order valence-electron chi connectivity index (χ1n) is 22.7. The van der Waals surface area contributed by atoms with Crippen molar-refractivity contribution in [2.75, 3.05) is 19.8 Å². The van der Waals surface area contributed by atoms with Crippen molar-refractivity contribution in [3.63, 3.8) is 0 Å². The molecule has 0 heterocycles. The van der Waals surface area contributed by atoms with Crippen LogP contribution in [0.1, 0.15) is 219 Å². The van der Waals surface area contributed by atoms with Gasteiger partial charge in [-0.3, -0.25) is 18.6 Å². The van der Waals surface area contributed by atoms with Gasteiger partial charge in [-0.2, -0.15) is 0 Å². The molecule has 0 aromatic heterocycles. The van der Waals surface area contributed by atoms with Crippen LogP contribution < -0.4 is 5.32 Å². The number of phosphoric ester groups is 1. The minimum absolute atomic E-state index is 0.137. The van der Waals surface area contributed by atoms with E-state index in [1.807, 2.05) is 0 Å². The molecule has 4 N–H and O–H groups in total. The molecule has 11 nitrogen and oxygen atoms in total. The Morgan fingerprint density at radius 3 is 1.41 bits per heavy atom. The molecule has 0 spiro atoms. The molecule has 12 heteroatoms. The quantitative estimate of drug-likeness (QED) is 0.0201. The standard InChI is InChI=1S/C44H84NO10P/c1-3-5-7-9-11-13-15-16-17-18-19-20-21-22-23-24-26-28-30-32-34-36-43(48)53-37-40(46)38-54-56(51,52)55-39-41(44(49)50)45-42(47)35-33-31-29-27-25-14-12-10-8-6-4-2/h10,12,40-41,46H,3-9,11,13-39H2,1-2H3,(H,45,47)(H,49,50)(H,51,52)/b12-10-. The summed E-state index contributed by atoms with van der Waals surface area (Å²) < 4.78 is 26.8. The van der Waals surface area contributed by atoms with Gasteiger partial charge in [-0.1, -0.05) is 187 Å². The lowest BCUT2D eigenvalue weighted by Gasteiger charge is -2.18. The Balaban J connectivity index is 3.79. The number of aliphatic carboxylic acids is 1. The average molecular weight is 818 g/mol. The molecule has 0 aromatic carbocycles. The fraction of sp³-hybridized carbons (Fsp3) is 0.886. The summed E-state index contributed by atoms with van der Waals surface area (Å²) >= 11 is 0. The van der Waals surface area contributed by atoms with Gasteiger partial charge in [-0.15, -0.1) is 0 Å². The second-order valence-corrected chi connectivity index (χ2v) is 17.0. The SMILES string of the molecule is CCCC/C=C\CCCCCCCC(=O)NC(COP(=O)(O)OCC(O)COC(=O)CCCCCCCCCCCCCCCCCCCCCCC)C(=O)O. The van der Waals surface area contributed by atoms with E-state index >= 15 is 0 Å². The number of esters is 1. The molecule has 0 saturated heterocycles. The topological polar surface area (TPSA) is 169 Å². The van der Waals surface area contributed by atoms with Crippen molar-refractivity contribution in [3.8, 4) is 0 Å². The van der Waals surface area contributed by atoms with Gasteiger partial charge in [0, 0.05) is 12.8 Å². The van der Waals surface area contributed by atoms with Crippen molar-refractivity contribution in [1.29, 1.82) is 0 Å². The number of carboxylic acids is 1. The lowest BCUT2D eigenvalue weighted by Crippen LogP contribution is -2.43. The molecular weight excluding hydrogens is 733 g/mol. The van der Waals surface area contributed by atoms with Gasteiger partial charge >= 0.3 is 19.8 Å². The summed E-state index contributed by atoms with van der Waals surface area (Å²) in [6, 6.07) is -1.55. The first-order valence-corrected chi connectivity index (χ1v) is 24.2. The number of carboxylic acid groups (broad SMARTS) is 1. The van der Waals surface area contributed by atoms with E-state index in [9.17, 15) is 34.1 Å². The Bertz CT molecular complexity index is 1010. The number of hydrogen-bond acceptors (Lipinski definition) is 8. The van der Waals surface area contributed by atoms with Crippen LogP contribution in [0.2, 0.25) is 0 Å². The molecule has 56 heavy (non-hydrogen) atoms. The van der Waals surface area contributed by atoms with Crippen molar-refractivity contribution in [3.05, 3.63) is 12.2 Å². The molecule has 0 bridgehead atoms. The highest BCUT2D eigenvalue weighted by molar-refractivity contribution is 7.47. The zero-order valence-corrected chi connectivity index (χ0v) is 36.6. The fourth-order valence-electron chi connectivity index (χ4n) is 6.47. The molecule has 0 aliphatic rings. The lowest BCUT2D eigenvalue weighted by molar-refractivity contribution is -0.147. The van der Waals surface area contributed by atoms with Crippen LogP contribution in [-0.4, -0.2) is 64.9 Å². The highest BCUT2D eigenvalue weighted by atomic mass is 31.2. The zero-order valence-electron chi connectivity index (χ0n) is 35.7. The summed E-state index contributed by atoms with van der Waals surface area (Å²) in [6.07, 6.45) is 39.7. The Labute approximate surface area is 341 Å². The molecule has 0 saturated carbocycles. The average Bonchev–Trinajstić information content (AvgIpc) is 3.17. The van der Waals surface area contributed by atoms with E-state index in [2.05, 4.69) is 31.3 Å². The summed E-state index contributed by atoms with van der Waals surface area (Å²) in [6.45, 7) is 2.56. The molecule has 3 unspecified atom stereocenters. The summed E-state index contributed by atoms with van der Waals surface area (Å²) in [7, 11) is -4.75. The third kappa shape index (κ3) is 39.1. The van der Waals surface area contributed by atoms with Crippen molar-refractivity contribution in [2.45, 2.75) is 231 Å². The van der Waals surface area contributed by atoms with E-state index < -0.39 is 57.6 Å². The van der Waals surface area contributed by atoms with E-state index in [0.29, 0.717) is 12.8 Å². The van der Waals surface area contributed by atoms with Gasteiger partial charge in [0.25, 0.3) is 0 Å². The fourth-order valence-corrected chi connectivity index (χ4v) is 7.25. The lowest BCUT2D eigenvalue weighted by atomic mass is 10.0. The Kier molecular flexibility index (Phi) is 38.7. The molecule has 0 fully saturated rings. The van der Waals surface area contributed by atoms with Gasteiger partial charge in [0.05, 0.1) is 13.2 Å². The number of nitrogens with one attached hydrogen (secondary N) is 1. The van der Waals surface area contributed by atoms with Gasteiger partial charge in [-0.05, 0) is 32.1 Å². The number of amides is 1. The number of allylic oxidation sites excluding steroid dienone is 2. The third-order valence-corrected chi connectivity index (χ3v) is 11.0. The van der Waals surface area contributed by atoms with Gasteiger partial charge < -0.3 is 25.2 Å². The van der Waals surface area contributed by atoms with Crippen LogP contribution in [0.5, 0.6) is 0 Å². The monoisotopic (exact) mass is 818 g/mol. The van der Waals surface area contributed by atoms with Crippen LogP contribution in [-0.2, 0) is 32.7 Å². The number of aliphatic hydroxyl groups is 1. The summed E-state index contributed by atoms with van der Waals surface area (Å²) in [5.41, 5.74) is 0. The largest absolute Gasteiger partial charge is 0.480 e. The van der Waals surface area contributed by atoms with Gasteiger partial charge in [0.2, 0.25) is 5.91 Å². The minimum atomic E-state index is -4.75. The van der Waals surface area contributed by atoms with E-state index in [1.54, 1.807) is 0 Å². The minimum Gasteiger partial charge on any atom is -0.480 e. The van der Waals surface area contributed by atoms with Crippen LogP contribution in [0, 0.1) is 0 Å². The maximum absolute atomic E-state index is 12.2. The van der Waals surface area contributed by atoms with Crippen molar-refractivity contribution in [1.82, 2.24) is 5.32 Å². The molecule has 330 valence electrons. The van der Waals surface area contributed by atoms with Crippen LogP contribution in [0.4, 0.5) is 0 Å². The maximum Gasteiger partial charge on any atom is 0.472 e. The summed E-state index contributed by atoms with van der Waals surface area (Å²) in [4.78, 5) is 45.8. The highest BCUT2D eigenvalue weighted by Gasteiger charge is 2.28. The molecular formula is C44H84NO10P. The number of carbonyl (C=O) groups excluding carboxylic acids is 2. The van der Waals surface area contributed by atoms with E-state index in [-0.39, 0.29) is 12.8 Å². The Morgan fingerprint density at radius 1 is 0.554 bits per heavy atom. The first-order chi connectivity index (χ1) is 27.1. The molecule has 0 radical (unpaired) electrons. The Hall–Kier alpha value is -1.78. The smallest absolute Gasteiger partial charge is 0.472 e. The Morgan fingerprint density at radius 2 is 0.946 bits per heavy atom. The zero-order chi connectivity index (χ0) is 41.4. The summed E-state index contributed by atoms with van der Waals surface area (Å²) in [5, 5.41) is 21.8.